The van der Waals surface area contributed by atoms with E-state index < -0.39 is 53.9 Å². The number of nitrogen functional groups attached to an aromatic ring is 1. The van der Waals surface area contributed by atoms with Gasteiger partial charge in [0, 0.05) is 135 Å². The van der Waals surface area contributed by atoms with E-state index >= 15 is 0 Å². The Morgan fingerprint density at radius 2 is 1.04 bits per heavy atom. The van der Waals surface area contributed by atoms with Crippen LogP contribution in [0.25, 0.3) is 16.8 Å². The van der Waals surface area contributed by atoms with Gasteiger partial charge in [-0.3, -0.25) is 52.6 Å². The third-order valence-corrected chi connectivity index (χ3v) is 25.1. The summed E-state index contributed by atoms with van der Waals surface area (Å²) >= 11 is 40.1. The summed E-state index contributed by atoms with van der Waals surface area (Å²) in [4.78, 5) is 92.8. The SMILES string of the molecule is C.C.C.C.C.C.CCn1cc(-c2ccc3c(c2)C(c2ccc(Cl)cc2)=N[C@@H](C)c2nnc(C)n2-3)cn1.C[C@@H](NC(=O)OC(C)(C)C)C(=O)Nc1ccc(Br)cc1C(=O)c1ccc(Cl)cc1.C[C@@H]1N=C(c2ccc(Cl)cc2)c2cc(Br)ccc2CC1=O.C[C@H](CC(=O)OC(C)(C)C)C(=O)O.Nc1ccc(Br)cc1C(=O)c1ccc(Cl)cc1.O=P(Cl)(N1CCOCC1)N1CCOCC1.S. The highest BCUT2D eigenvalue weighted by Gasteiger charge is 2.37. The van der Waals surface area contributed by atoms with Crippen LogP contribution in [0.15, 0.2) is 206 Å². The molecule has 0 unspecified atom stereocenters. The number of hydrogen-bond acceptors (Lipinski definition) is 18. The van der Waals surface area contributed by atoms with Gasteiger partial charge in [-0.05, 0) is 232 Å². The van der Waals surface area contributed by atoms with Crippen molar-refractivity contribution in [1.82, 2.24) is 39.2 Å². The van der Waals surface area contributed by atoms with Gasteiger partial charge in [-0.2, -0.15) is 18.6 Å². The van der Waals surface area contributed by atoms with Gasteiger partial charge in [-0.1, -0.05) is 182 Å². The molecule has 25 nitrogen and oxygen atoms in total. The van der Waals surface area contributed by atoms with Gasteiger partial charge in [0.25, 0.3) is 0 Å². The lowest BCUT2D eigenvalue weighted by molar-refractivity contribution is -0.159. The number of carbonyl (C=O) groups excluding carboxylic acids is 6. The molecule has 0 spiro atoms. The summed E-state index contributed by atoms with van der Waals surface area (Å²) < 4.78 is 43.2. The zero-order valence-electron chi connectivity index (χ0n) is 71.3. The third-order valence-electron chi connectivity index (χ3n) is 19.1. The molecular weight excluding hydrogens is 2020 g/mol. The number of amides is 2. The van der Waals surface area contributed by atoms with Gasteiger partial charge in [0.15, 0.2) is 23.2 Å². The second-order valence-electron chi connectivity index (χ2n) is 31.1. The second-order valence-corrected chi connectivity index (χ2v) is 39.0. The van der Waals surface area contributed by atoms with Crippen molar-refractivity contribution >= 4 is 190 Å². The van der Waals surface area contributed by atoms with Crippen LogP contribution in [0.4, 0.5) is 16.2 Å². The lowest BCUT2D eigenvalue weighted by Crippen LogP contribution is -2.44. The Balaban J connectivity index is 0.000000543. The first-order valence-corrected chi connectivity index (χ1v) is 46.2. The number of fused-ring (bicyclic) bond motifs is 4. The summed E-state index contributed by atoms with van der Waals surface area (Å²) in [5.41, 5.74) is 17.2. The highest BCUT2D eigenvalue weighted by atomic mass is 79.9. The summed E-state index contributed by atoms with van der Waals surface area (Å²) in [6.07, 6.45) is 3.61. The number of nitrogens with two attached hydrogens (primary N) is 1. The molecule has 0 bridgehead atoms. The number of nitrogens with zero attached hydrogens (tertiary/aromatic N) is 9. The predicted molar refractivity (Wildman–Crippen MR) is 554 cm³/mol. The van der Waals surface area contributed by atoms with E-state index in [0.29, 0.717) is 117 Å². The molecule has 4 atom stereocenters. The van der Waals surface area contributed by atoms with Crippen molar-refractivity contribution in [2.75, 3.05) is 63.7 Å². The summed E-state index contributed by atoms with van der Waals surface area (Å²) in [5.74, 6) is -1.18. The number of carboxylic acids is 1. The van der Waals surface area contributed by atoms with Crippen molar-refractivity contribution in [2.24, 2.45) is 15.9 Å². The maximum atomic E-state index is 12.9. The van der Waals surface area contributed by atoms with Gasteiger partial charge in [-0.15, -0.1) is 10.2 Å². The van der Waals surface area contributed by atoms with E-state index in [-0.39, 0.29) is 93.9 Å². The van der Waals surface area contributed by atoms with Crippen LogP contribution in [0.2, 0.25) is 20.1 Å². The number of ketones is 3. The van der Waals surface area contributed by atoms with Crippen molar-refractivity contribution in [3.63, 3.8) is 0 Å². The molecule has 2 fully saturated rings. The number of Topliss-reactive ketones (excluding diaryl/α,β-unsaturated/α-hetero) is 1. The van der Waals surface area contributed by atoms with Gasteiger partial charge >= 0.3 is 24.8 Å². The van der Waals surface area contributed by atoms with Crippen LogP contribution in [0.5, 0.6) is 0 Å². The number of aromatic nitrogens is 5. The zero-order chi connectivity index (χ0) is 91.4. The van der Waals surface area contributed by atoms with Gasteiger partial charge in [0.05, 0.1) is 67.8 Å². The van der Waals surface area contributed by atoms with Crippen molar-refractivity contribution in [1.29, 1.82) is 0 Å². The predicted octanol–water partition coefficient (Wildman–Crippen LogP) is 24.9. The topological polar surface area (TPSA) is 324 Å². The van der Waals surface area contributed by atoms with Gasteiger partial charge < -0.3 is 40.4 Å². The zero-order valence-corrected chi connectivity index (χ0v) is 81.8. The Hall–Kier alpha value is -8.75. The minimum absolute atomic E-state index is 0. The van der Waals surface area contributed by atoms with E-state index in [1.807, 2.05) is 108 Å². The number of esters is 1. The molecule has 6 heterocycles. The standard InChI is InChI=1S/C23H21ClN6.C21H22BrClN2O4.C17H13BrClNO.C13H9BrClNO.C9H16O4.C8H16ClN2O3P.6CH4.H2S/c1-4-29-13-18(12-25-29)17-7-10-21-20(11-17)22(16-5-8-19(24)9-6-16)26-14(2)23-28-27-15(3)30(21)23;1-12(24-20(28)29-21(2,3)4)19(27)25-17-10-7-14(22)11-16(17)18(26)13-5-8-15(23)9-6-13;1-10-16(21)8-12-2-5-13(18)9-15(12)17(20-10)11-3-6-14(19)7-4-11;14-9-3-6-12(16)11(7-9)13(17)8-1-4-10(15)5-2-8;1-6(8(11)12)5-7(10)13-9(2,3)4;9-15(12,10-1-5-13-6-2-10)11-3-7-14-8-4-11;;;;;;;/h5-14H,4H2,1-3H3;5-12H,1-4H3,(H,24,28)(H,25,27);2-7,9-10H,8H2,1H3;1-7H,16H2;6H,5H2,1-4H3,(H,11,12);1-8H2;6*1H4;1H2/t14-;12-;10-;;6-;;;;;;;;/m010.1......../s1. The number of rotatable bonds is 16. The molecule has 4 aliphatic heterocycles. The first-order chi connectivity index (χ1) is 59.1. The average Bonchev–Trinajstić information content (AvgIpc) is 1.60. The summed E-state index contributed by atoms with van der Waals surface area (Å²) in [7, 11) is 0. The molecule has 716 valence electrons. The number of benzene rings is 8. The molecule has 0 radical (unpaired) electrons. The molecule has 0 saturated carbocycles. The Morgan fingerprint density at radius 1 is 0.591 bits per heavy atom. The van der Waals surface area contributed by atoms with Crippen LogP contribution in [0.3, 0.4) is 0 Å². The molecule has 8 aromatic carbocycles. The minimum atomic E-state index is -2.86. The fraction of sp³-hybridized carbons (Fsp3) is 0.361. The number of carbonyl (C=O) groups is 7. The largest absolute Gasteiger partial charge is 0.481 e. The van der Waals surface area contributed by atoms with Crippen molar-refractivity contribution < 1.29 is 62.2 Å². The number of alkyl carbamates (subject to hydrolysis) is 1. The number of nitrogens with one attached hydrogen (secondary N) is 2. The number of anilines is 2. The van der Waals surface area contributed by atoms with Gasteiger partial charge in [0.2, 0.25) is 5.91 Å². The fourth-order valence-corrected chi connectivity index (χ4v) is 16.8. The molecule has 2 amide bonds. The van der Waals surface area contributed by atoms with Gasteiger partial charge in [-0.25, -0.2) is 14.1 Å². The quantitative estimate of drug-likeness (QED) is 0.0302. The molecule has 4 aliphatic rings. The van der Waals surface area contributed by atoms with Crippen LogP contribution < -0.4 is 16.4 Å². The van der Waals surface area contributed by atoms with Crippen molar-refractivity contribution in [2.45, 2.75) is 176 Å². The number of halogens is 8. The molecule has 2 saturated heterocycles. The van der Waals surface area contributed by atoms with E-state index in [9.17, 15) is 38.1 Å². The first-order valence-electron chi connectivity index (χ1n) is 39.8. The lowest BCUT2D eigenvalue weighted by Gasteiger charge is -2.38. The monoisotopic (exact) mass is 2140 g/mol. The Labute approximate surface area is 834 Å². The number of aliphatic carboxylic acids is 1. The van der Waals surface area contributed by atoms with E-state index in [1.54, 1.807) is 126 Å². The van der Waals surface area contributed by atoms with Gasteiger partial charge in [0.1, 0.15) is 35.2 Å². The van der Waals surface area contributed by atoms with Crippen LogP contribution in [-0.2, 0) is 55.7 Å². The van der Waals surface area contributed by atoms with Crippen molar-refractivity contribution in [3.8, 4) is 16.8 Å². The first kappa shape index (κ1) is 119. The minimum Gasteiger partial charge on any atom is -0.481 e. The van der Waals surface area contributed by atoms with E-state index in [4.69, 9.17) is 92.4 Å². The highest BCUT2D eigenvalue weighted by molar-refractivity contribution is 9.11. The van der Waals surface area contributed by atoms with E-state index in [2.05, 4.69) is 115 Å². The molecule has 14 rings (SSSR count). The maximum absolute atomic E-state index is 12.9. The summed E-state index contributed by atoms with van der Waals surface area (Å²) in [6, 6.07) is 49.8. The Morgan fingerprint density at radius 3 is 1.52 bits per heavy atom. The van der Waals surface area contributed by atoms with E-state index in [0.717, 1.165) is 83.2 Å². The molecule has 132 heavy (non-hydrogen) atoms. The smallest absolute Gasteiger partial charge is 0.408 e. The third kappa shape index (κ3) is 34.6. The lowest BCUT2D eigenvalue weighted by atomic mass is 9.96. The van der Waals surface area contributed by atoms with Crippen LogP contribution in [-0.4, -0.2) is 168 Å². The molecule has 2 aromatic heterocycles. The number of aliphatic imine (C=N–C) groups is 2. The summed E-state index contributed by atoms with van der Waals surface area (Å²) in [6.45, 7) is 24.4. The fourth-order valence-electron chi connectivity index (χ4n) is 12.7. The van der Waals surface area contributed by atoms with Crippen molar-refractivity contribution in [3.05, 3.63) is 277 Å². The van der Waals surface area contributed by atoms with Crippen LogP contribution in [0.1, 0.15) is 204 Å². The number of carboxylic acid groups (broad SMARTS) is 1. The second kappa shape index (κ2) is 54.7. The van der Waals surface area contributed by atoms with Crippen LogP contribution >= 0.6 is 126 Å². The maximum Gasteiger partial charge on any atom is 0.408 e. The highest BCUT2D eigenvalue weighted by Crippen LogP contribution is 2.58. The Kier molecular flexibility index (Phi) is 49.5. The molecule has 0 aliphatic carbocycles. The normalized spacial score (nSPS) is 14.7. The Bertz CT molecular complexity index is 5610. The number of morpholine rings is 2. The number of hydrogen-bond donors (Lipinski definition) is 4. The van der Waals surface area contributed by atoms with E-state index in [1.165, 1.54) is 13.8 Å². The molecule has 10 aromatic rings. The molecule has 5 N–H and O–H groups in total. The van der Waals surface area contributed by atoms with Crippen LogP contribution in [0, 0.1) is 12.8 Å². The molecular formula is C97H123Br3Cl5N12O13PS. The average molecular weight is 2150 g/mol. The molecule has 35 heteroatoms. The number of ether oxygens (including phenoxy) is 4. The summed E-state index contributed by atoms with van der Waals surface area (Å²) in [5, 5.41) is 29.3. The number of aryl methyl sites for hydroxylation is 2.